The number of methoxy groups -OCH3 is 2. The molecule has 1 amide bonds. The molecule has 2 aromatic carbocycles. The van der Waals surface area contributed by atoms with Gasteiger partial charge in [0.15, 0.2) is 21.6 Å². The molecule has 3 aromatic rings. The van der Waals surface area contributed by atoms with E-state index < -0.39 is 0 Å². The highest BCUT2D eigenvalue weighted by Gasteiger charge is 2.12. The van der Waals surface area contributed by atoms with Gasteiger partial charge in [0.1, 0.15) is 0 Å². The number of ether oxygens (including phenoxy) is 2. The average Bonchev–Trinajstić information content (AvgIpc) is 3.29. The number of ketones is 1. The van der Waals surface area contributed by atoms with Crippen molar-refractivity contribution in [1.29, 1.82) is 0 Å². The Morgan fingerprint density at radius 1 is 1.03 bits per heavy atom. The van der Waals surface area contributed by atoms with E-state index in [9.17, 15) is 9.59 Å². The molecule has 0 radical (unpaired) electrons. The monoisotopic (exact) mass is 484 g/mol. The van der Waals surface area contributed by atoms with Gasteiger partial charge in [-0.3, -0.25) is 9.59 Å². The lowest BCUT2D eigenvalue weighted by Crippen LogP contribution is -2.27. The number of rotatable bonds is 12. The van der Waals surface area contributed by atoms with Gasteiger partial charge in [0, 0.05) is 17.5 Å². The largest absolute Gasteiger partial charge is 0.493 e. The third-order valence-electron chi connectivity index (χ3n) is 5.07. The number of thiazole rings is 1. The molecule has 0 spiro atoms. The molecule has 0 bridgehead atoms. The first kappa shape index (κ1) is 24.8. The number of aryl methyl sites for hydroxylation is 1. The van der Waals surface area contributed by atoms with Crippen molar-refractivity contribution >= 4 is 34.8 Å². The van der Waals surface area contributed by atoms with Crippen LogP contribution < -0.4 is 14.8 Å². The van der Waals surface area contributed by atoms with Crippen LogP contribution in [0.3, 0.4) is 0 Å². The molecule has 6 nitrogen and oxygen atoms in total. The summed E-state index contributed by atoms with van der Waals surface area (Å²) in [5.41, 5.74) is 3.69. The van der Waals surface area contributed by atoms with Crippen molar-refractivity contribution in [3.05, 3.63) is 70.2 Å². The maximum Gasteiger partial charge on any atom is 0.226 e. The zero-order valence-corrected chi connectivity index (χ0v) is 20.7. The first-order valence-corrected chi connectivity index (χ1v) is 12.6. The summed E-state index contributed by atoms with van der Waals surface area (Å²) in [7, 11) is 3.20. The Morgan fingerprint density at radius 2 is 1.76 bits per heavy atom. The number of nitrogens with zero attached hydrogens (tertiary/aromatic N) is 1. The Kier molecular flexibility index (Phi) is 9.33. The van der Waals surface area contributed by atoms with Crippen molar-refractivity contribution in [3.8, 4) is 11.5 Å². The van der Waals surface area contributed by atoms with Gasteiger partial charge in [-0.15, -0.1) is 11.3 Å². The van der Waals surface area contributed by atoms with Crippen LogP contribution in [0.2, 0.25) is 0 Å². The molecule has 1 heterocycles. The summed E-state index contributed by atoms with van der Waals surface area (Å²) in [6, 6.07) is 13.5. The van der Waals surface area contributed by atoms with Crippen LogP contribution in [0.25, 0.3) is 0 Å². The average molecular weight is 485 g/mol. The molecule has 174 valence electrons. The fourth-order valence-corrected chi connectivity index (χ4v) is 4.92. The Bertz CT molecular complexity index is 1080. The normalized spacial score (nSPS) is 10.6. The van der Waals surface area contributed by atoms with E-state index in [-0.39, 0.29) is 18.1 Å². The predicted molar refractivity (Wildman–Crippen MR) is 133 cm³/mol. The molecule has 0 fully saturated rings. The summed E-state index contributed by atoms with van der Waals surface area (Å²) in [5, 5.41) is 4.80. The molecule has 3 rings (SSSR count). The Balaban J connectivity index is 1.42. The zero-order valence-electron chi connectivity index (χ0n) is 19.1. The molecule has 0 saturated heterocycles. The summed E-state index contributed by atoms with van der Waals surface area (Å²) in [6.07, 6.45) is 1.86. The summed E-state index contributed by atoms with van der Waals surface area (Å²) in [5.74, 6) is 1.68. The highest BCUT2D eigenvalue weighted by molar-refractivity contribution is 8.01. The van der Waals surface area contributed by atoms with E-state index in [1.165, 1.54) is 28.7 Å². The fourth-order valence-electron chi connectivity index (χ4n) is 3.18. The Labute approximate surface area is 202 Å². The highest BCUT2D eigenvalue weighted by atomic mass is 32.2. The lowest BCUT2D eigenvalue weighted by Gasteiger charge is -2.10. The van der Waals surface area contributed by atoms with Gasteiger partial charge in [-0.2, -0.15) is 0 Å². The Hall–Kier alpha value is -2.84. The lowest BCUT2D eigenvalue weighted by atomic mass is 10.1. The van der Waals surface area contributed by atoms with Gasteiger partial charge in [0.05, 0.1) is 32.1 Å². The molecule has 0 aliphatic carbocycles. The smallest absolute Gasteiger partial charge is 0.226 e. The minimum absolute atomic E-state index is 0.0762. The molecule has 0 saturated carbocycles. The first-order chi connectivity index (χ1) is 16.0. The van der Waals surface area contributed by atoms with Crippen LogP contribution in [0.5, 0.6) is 11.5 Å². The van der Waals surface area contributed by atoms with Gasteiger partial charge in [-0.1, -0.05) is 49.0 Å². The number of hydrogen-bond donors (Lipinski definition) is 1. The number of hydrogen-bond acceptors (Lipinski definition) is 7. The minimum atomic E-state index is -0.0792. The van der Waals surface area contributed by atoms with Gasteiger partial charge >= 0.3 is 0 Å². The van der Waals surface area contributed by atoms with E-state index >= 15 is 0 Å². The third kappa shape index (κ3) is 7.33. The molecule has 0 aliphatic heterocycles. The molecule has 1 N–H and O–H groups in total. The number of Topliss-reactive ketones (excluding diaryl/α,β-unsaturated/α-hetero) is 1. The van der Waals surface area contributed by atoms with Crippen molar-refractivity contribution in [2.24, 2.45) is 0 Å². The number of benzene rings is 2. The number of thioether (sulfide) groups is 1. The van der Waals surface area contributed by atoms with Gasteiger partial charge in [0.2, 0.25) is 5.91 Å². The standard InChI is InChI=1S/C25H28N2O4S2/c1-4-17-5-8-19(9-6-17)21(28)16-33-25-27-20(15-32-25)14-24(29)26-12-11-18-7-10-22(30-2)23(13-18)31-3/h5-10,13,15H,4,11-12,14,16H2,1-3H3,(H,26,29). The van der Waals surface area contributed by atoms with Crippen LogP contribution in [-0.4, -0.2) is 43.2 Å². The quantitative estimate of drug-likeness (QED) is 0.299. The van der Waals surface area contributed by atoms with Crippen molar-refractivity contribution in [1.82, 2.24) is 10.3 Å². The van der Waals surface area contributed by atoms with E-state index in [2.05, 4.69) is 17.2 Å². The summed E-state index contributed by atoms with van der Waals surface area (Å²) >= 11 is 2.86. The second-order valence-corrected chi connectivity index (χ2v) is 9.41. The summed E-state index contributed by atoms with van der Waals surface area (Å²) in [6.45, 7) is 2.61. The zero-order chi connectivity index (χ0) is 23.6. The van der Waals surface area contributed by atoms with Crippen molar-refractivity contribution in [3.63, 3.8) is 0 Å². The van der Waals surface area contributed by atoms with Crippen LogP contribution in [-0.2, 0) is 24.1 Å². The minimum Gasteiger partial charge on any atom is -0.493 e. The summed E-state index contributed by atoms with van der Waals surface area (Å²) < 4.78 is 11.3. The van der Waals surface area contributed by atoms with Crippen LogP contribution >= 0.6 is 23.1 Å². The molecule has 33 heavy (non-hydrogen) atoms. The van der Waals surface area contributed by atoms with Gasteiger partial charge < -0.3 is 14.8 Å². The van der Waals surface area contributed by atoms with Crippen LogP contribution in [0, 0.1) is 0 Å². The maximum atomic E-state index is 12.4. The molecule has 1 aromatic heterocycles. The van der Waals surface area contributed by atoms with Crippen molar-refractivity contribution in [2.75, 3.05) is 26.5 Å². The SMILES string of the molecule is CCc1ccc(C(=O)CSc2nc(CC(=O)NCCc3ccc(OC)c(OC)c3)cs2)cc1. The molecule has 0 atom stereocenters. The van der Waals surface area contributed by atoms with Gasteiger partial charge in [0.25, 0.3) is 0 Å². The van der Waals surface area contributed by atoms with E-state index in [0.717, 1.165) is 16.3 Å². The highest BCUT2D eigenvalue weighted by Crippen LogP contribution is 2.27. The number of aromatic nitrogens is 1. The molecular formula is C25H28N2O4S2. The van der Waals surface area contributed by atoms with E-state index in [1.807, 2.05) is 47.8 Å². The van der Waals surface area contributed by atoms with Crippen LogP contribution in [0.15, 0.2) is 52.2 Å². The lowest BCUT2D eigenvalue weighted by molar-refractivity contribution is -0.120. The number of carbonyl (C=O) groups is 2. The predicted octanol–water partition coefficient (Wildman–Crippen LogP) is 4.60. The van der Waals surface area contributed by atoms with Gasteiger partial charge in [-0.05, 0) is 36.1 Å². The van der Waals surface area contributed by atoms with E-state index in [0.29, 0.717) is 41.5 Å². The summed E-state index contributed by atoms with van der Waals surface area (Å²) in [4.78, 5) is 29.2. The van der Waals surface area contributed by atoms with Crippen LogP contribution in [0.1, 0.15) is 34.1 Å². The maximum absolute atomic E-state index is 12.4. The van der Waals surface area contributed by atoms with E-state index in [4.69, 9.17) is 9.47 Å². The number of amides is 1. The second kappa shape index (κ2) is 12.4. The second-order valence-electron chi connectivity index (χ2n) is 7.33. The molecule has 0 unspecified atom stereocenters. The number of carbonyl (C=O) groups excluding carboxylic acids is 2. The van der Waals surface area contributed by atoms with Crippen LogP contribution in [0.4, 0.5) is 0 Å². The molecule has 0 aliphatic rings. The molecular weight excluding hydrogens is 456 g/mol. The first-order valence-electron chi connectivity index (χ1n) is 10.7. The topological polar surface area (TPSA) is 77.5 Å². The Morgan fingerprint density at radius 3 is 2.45 bits per heavy atom. The third-order valence-corrected chi connectivity index (χ3v) is 7.14. The van der Waals surface area contributed by atoms with E-state index in [1.54, 1.807) is 14.2 Å². The van der Waals surface area contributed by atoms with Crippen molar-refractivity contribution in [2.45, 2.75) is 30.5 Å². The van der Waals surface area contributed by atoms with Crippen molar-refractivity contribution < 1.29 is 19.1 Å². The number of nitrogens with one attached hydrogen (secondary N) is 1. The fraction of sp³-hybridized carbons (Fsp3) is 0.320. The molecule has 8 heteroatoms. The van der Waals surface area contributed by atoms with Gasteiger partial charge in [-0.25, -0.2) is 4.98 Å².